The maximum absolute atomic E-state index is 3.95. The highest BCUT2D eigenvalue weighted by molar-refractivity contribution is 4.86. The lowest BCUT2D eigenvalue weighted by Crippen LogP contribution is -2.42. The second-order valence-corrected chi connectivity index (χ2v) is 5.84. The predicted octanol–water partition coefficient (Wildman–Crippen LogP) is 3.73. The summed E-state index contributed by atoms with van der Waals surface area (Å²) in [6.07, 6.45) is 11.5. The molecule has 2 saturated carbocycles. The minimum absolute atomic E-state index is 0.839. The lowest BCUT2D eigenvalue weighted by molar-refractivity contribution is 0.257. The van der Waals surface area contributed by atoms with Crippen LogP contribution < -0.4 is 5.32 Å². The lowest BCUT2D eigenvalue weighted by Gasteiger charge is -2.32. The van der Waals surface area contributed by atoms with Crippen LogP contribution >= 0.6 is 0 Å². The van der Waals surface area contributed by atoms with E-state index >= 15 is 0 Å². The van der Waals surface area contributed by atoms with E-state index in [0.717, 1.165) is 23.9 Å². The average molecular weight is 209 g/mol. The van der Waals surface area contributed by atoms with Gasteiger partial charge in [0.25, 0.3) is 0 Å². The molecular formula is C14H27N. The Balaban J connectivity index is 1.80. The van der Waals surface area contributed by atoms with Crippen LogP contribution in [0.3, 0.4) is 0 Å². The lowest BCUT2D eigenvalue weighted by atomic mass is 9.86. The molecule has 4 unspecified atom stereocenters. The number of hydrogen-bond donors (Lipinski definition) is 1. The van der Waals surface area contributed by atoms with Gasteiger partial charge in [-0.05, 0) is 37.5 Å². The average Bonchev–Trinajstić information content (AvgIpc) is 2.65. The maximum atomic E-state index is 3.95. The van der Waals surface area contributed by atoms with Crippen molar-refractivity contribution in [1.82, 2.24) is 5.32 Å². The van der Waals surface area contributed by atoms with Crippen LogP contribution in [0.15, 0.2) is 0 Å². The highest BCUT2D eigenvalue weighted by atomic mass is 15.0. The van der Waals surface area contributed by atoms with E-state index in [-0.39, 0.29) is 0 Å². The molecule has 2 fully saturated rings. The first kappa shape index (κ1) is 11.4. The van der Waals surface area contributed by atoms with Crippen LogP contribution in [0.25, 0.3) is 0 Å². The molecule has 1 heteroatoms. The molecule has 88 valence electrons. The van der Waals surface area contributed by atoms with E-state index in [0.29, 0.717) is 0 Å². The highest BCUT2D eigenvalue weighted by Crippen LogP contribution is 2.31. The summed E-state index contributed by atoms with van der Waals surface area (Å²) < 4.78 is 0. The van der Waals surface area contributed by atoms with E-state index in [9.17, 15) is 0 Å². The topological polar surface area (TPSA) is 12.0 Å². The summed E-state index contributed by atoms with van der Waals surface area (Å²) in [6.45, 7) is 4.77. The Morgan fingerprint density at radius 3 is 2.60 bits per heavy atom. The summed E-state index contributed by atoms with van der Waals surface area (Å²) in [5, 5.41) is 3.95. The Morgan fingerprint density at radius 2 is 1.87 bits per heavy atom. The van der Waals surface area contributed by atoms with Crippen LogP contribution in [-0.4, -0.2) is 12.1 Å². The van der Waals surface area contributed by atoms with E-state index in [4.69, 9.17) is 0 Å². The Kier molecular flexibility index (Phi) is 4.07. The molecule has 0 aromatic heterocycles. The molecule has 0 aromatic carbocycles. The van der Waals surface area contributed by atoms with E-state index in [1.807, 2.05) is 0 Å². The Hall–Kier alpha value is -0.0400. The smallest absolute Gasteiger partial charge is 0.00978 e. The molecule has 0 aromatic rings. The maximum Gasteiger partial charge on any atom is 0.00978 e. The van der Waals surface area contributed by atoms with E-state index in [1.165, 1.54) is 51.4 Å². The Morgan fingerprint density at radius 1 is 1.07 bits per heavy atom. The first-order valence-electron chi connectivity index (χ1n) is 7.05. The van der Waals surface area contributed by atoms with Gasteiger partial charge in [0.1, 0.15) is 0 Å². The number of rotatable bonds is 3. The van der Waals surface area contributed by atoms with Gasteiger partial charge in [-0.15, -0.1) is 0 Å². The summed E-state index contributed by atoms with van der Waals surface area (Å²) in [4.78, 5) is 0. The molecule has 0 bridgehead atoms. The molecule has 0 spiro atoms. The molecule has 2 rings (SSSR count). The third kappa shape index (κ3) is 2.96. The molecule has 0 aliphatic heterocycles. The van der Waals surface area contributed by atoms with Gasteiger partial charge in [0.2, 0.25) is 0 Å². The van der Waals surface area contributed by atoms with Gasteiger partial charge in [-0.2, -0.15) is 0 Å². The van der Waals surface area contributed by atoms with Gasteiger partial charge in [0.15, 0.2) is 0 Å². The van der Waals surface area contributed by atoms with Gasteiger partial charge < -0.3 is 5.32 Å². The summed E-state index contributed by atoms with van der Waals surface area (Å²) in [5.74, 6) is 1.93. The summed E-state index contributed by atoms with van der Waals surface area (Å²) in [5.41, 5.74) is 0. The Labute approximate surface area is 95.0 Å². The molecule has 15 heavy (non-hydrogen) atoms. The zero-order chi connectivity index (χ0) is 10.7. The third-order valence-electron chi connectivity index (χ3n) is 4.57. The quantitative estimate of drug-likeness (QED) is 0.747. The van der Waals surface area contributed by atoms with Crippen LogP contribution in [0.5, 0.6) is 0 Å². The van der Waals surface area contributed by atoms with Crippen molar-refractivity contribution in [3.05, 3.63) is 0 Å². The van der Waals surface area contributed by atoms with Crippen molar-refractivity contribution >= 4 is 0 Å². The monoisotopic (exact) mass is 209 g/mol. The first-order chi connectivity index (χ1) is 7.29. The molecule has 2 aliphatic rings. The molecule has 1 nitrogen and oxygen atoms in total. The fraction of sp³-hybridized carbons (Fsp3) is 1.00. The SMILES string of the molecule is CCC1CCCC1NC1CCCC(C)C1. The fourth-order valence-electron chi connectivity index (χ4n) is 3.63. The van der Waals surface area contributed by atoms with Crippen molar-refractivity contribution in [2.24, 2.45) is 11.8 Å². The molecule has 0 heterocycles. The van der Waals surface area contributed by atoms with E-state index < -0.39 is 0 Å². The van der Waals surface area contributed by atoms with Crippen molar-refractivity contribution in [2.45, 2.75) is 77.3 Å². The van der Waals surface area contributed by atoms with Crippen LogP contribution in [0, 0.1) is 11.8 Å². The summed E-state index contributed by atoms with van der Waals surface area (Å²) in [6, 6.07) is 1.69. The molecule has 0 saturated heterocycles. The molecule has 0 radical (unpaired) electrons. The van der Waals surface area contributed by atoms with E-state index in [2.05, 4.69) is 19.2 Å². The van der Waals surface area contributed by atoms with Gasteiger partial charge >= 0.3 is 0 Å². The zero-order valence-electron chi connectivity index (χ0n) is 10.5. The fourth-order valence-corrected chi connectivity index (χ4v) is 3.63. The standard InChI is InChI=1S/C14H27N/c1-3-12-7-5-9-14(12)15-13-8-4-6-11(2)10-13/h11-15H,3-10H2,1-2H3. The minimum Gasteiger partial charge on any atom is -0.311 e. The predicted molar refractivity (Wildman–Crippen MR) is 66.0 cm³/mol. The normalized spacial score (nSPS) is 42.0. The first-order valence-corrected chi connectivity index (χ1v) is 7.05. The second kappa shape index (κ2) is 5.34. The summed E-state index contributed by atoms with van der Waals surface area (Å²) in [7, 11) is 0. The van der Waals surface area contributed by atoms with Gasteiger partial charge in [-0.25, -0.2) is 0 Å². The van der Waals surface area contributed by atoms with Gasteiger partial charge in [0.05, 0.1) is 0 Å². The molecule has 1 N–H and O–H groups in total. The Bertz CT molecular complexity index is 190. The van der Waals surface area contributed by atoms with Gasteiger partial charge in [-0.3, -0.25) is 0 Å². The molecular weight excluding hydrogens is 182 g/mol. The van der Waals surface area contributed by atoms with Crippen molar-refractivity contribution in [3.63, 3.8) is 0 Å². The second-order valence-electron chi connectivity index (χ2n) is 5.84. The molecule has 2 aliphatic carbocycles. The van der Waals surface area contributed by atoms with Gasteiger partial charge in [-0.1, -0.05) is 39.5 Å². The van der Waals surface area contributed by atoms with Crippen LogP contribution in [0.2, 0.25) is 0 Å². The number of hydrogen-bond acceptors (Lipinski definition) is 1. The largest absolute Gasteiger partial charge is 0.311 e. The van der Waals surface area contributed by atoms with Gasteiger partial charge in [0, 0.05) is 12.1 Å². The third-order valence-corrected chi connectivity index (χ3v) is 4.57. The van der Waals surface area contributed by atoms with Crippen molar-refractivity contribution in [2.75, 3.05) is 0 Å². The van der Waals surface area contributed by atoms with E-state index in [1.54, 1.807) is 0 Å². The van der Waals surface area contributed by atoms with Crippen molar-refractivity contribution < 1.29 is 0 Å². The van der Waals surface area contributed by atoms with Crippen molar-refractivity contribution in [3.8, 4) is 0 Å². The molecule has 4 atom stereocenters. The highest BCUT2D eigenvalue weighted by Gasteiger charge is 2.28. The zero-order valence-corrected chi connectivity index (χ0v) is 10.5. The van der Waals surface area contributed by atoms with Crippen molar-refractivity contribution in [1.29, 1.82) is 0 Å². The summed E-state index contributed by atoms with van der Waals surface area (Å²) >= 11 is 0. The number of nitrogens with one attached hydrogen (secondary N) is 1. The van der Waals surface area contributed by atoms with Crippen LogP contribution in [0.4, 0.5) is 0 Å². The molecule has 0 amide bonds. The van der Waals surface area contributed by atoms with Crippen LogP contribution in [0.1, 0.15) is 65.2 Å². The van der Waals surface area contributed by atoms with Crippen LogP contribution in [-0.2, 0) is 0 Å². The minimum atomic E-state index is 0.839.